The van der Waals surface area contributed by atoms with E-state index in [4.69, 9.17) is 0 Å². The van der Waals surface area contributed by atoms with Gasteiger partial charge in [-0.05, 0) is 12.3 Å². The minimum Gasteiger partial charge on any atom is -0.0867 e. The molecule has 0 fully saturated rings. The van der Waals surface area contributed by atoms with Crippen LogP contribution in [0.25, 0.3) is 0 Å². The van der Waals surface area contributed by atoms with Gasteiger partial charge in [0.05, 0.1) is 0 Å². The minimum atomic E-state index is 0.601. The highest BCUT2D eigenvalue weighted by atomic mass is 14.1. The number of hydrogen-bond acceptors (Lipinski definition) is 0. The van der Waals surface area contributed by atoms with Gasteiger partial charge in [-0.1, -0.05) is 36.5 Å². The van der Waals surface area contributed by atoms with Crippen molar-refractivity contribution in [1.82, 2.24) is 0 Å². The minimum absolute atomic E-state index is 0.601. The maximum atomic E-state index is 2.30. The van der Waals surface area contributed by atoms with Gasteiger partial charge in [0.15, 0.2) is 0 Å². The largest absolute Gasteiger partial charge is 0.0867 e. The molecule has 0 aliphatic heterocycles. The SMILES string of the molecule is C1=CC2C=CC(C=C2)C1. The summed E-state index contributed by atoms with van der Waals surface area (Å²) in [6.07, 6.45) is 14.9. The third-order valence-electron chi connectivity index (χ3n) is 1.93. The molecule has 3 rings (SSSR count). The van der Waals surface area contributed by atoms with E-state index in [2.05, 4.69) is 36.5 Å². The molecule has 0 aromatic carbocycles. The second-order valence-electron chi connectivity index (χ2n) is 2.67. The van der Waals surface area contributed by atoms with Gasteiger partial charge >= 0.3 is 0 Å². The Morgan fingerprint density at radius 3 is 2.44 bits per heavy atom. The first kappa shape index (κ1) is 5.04. The van der Waals surface area contributed by atoms with Gasteiger partial charge in [-0.3, -0.25) is 0 Å². The van der Waals surface area contributed by atoms with Crippen LogP contribution in [0, 0.1) is 11.8 Å². The summed E-state index contributed by atoms with van der Waals surface area (Å²) in [6, 6.07) is 0. The van der Waals surface area contributed by atoms with Crippen molar-refractivity contribution in [2.75, 3.05) is 0 Å². The van der Waals surface area contributed by atoms with Crippen molar-refractivity contribution in [3.8, 4) is 0 Å². The van der Waals surface area contributed by atoms with Crippen molar-refractivity contribution in [2.24, 2.45) is 11.8 Å². The van der Waals surface area contributed by atoms with Crippen LogP contribution >= 0.6 is 0 Å². The summed E-state index contributed by atoms with van der Waals surface area (Å²) >= 11 is 0. The van der Waals surface area contributed by atoms with Gasteiger partial charge in [0.2, 0.25) is 0 Å². The van der Waals surface area contributed by atoms with Gasteiger partial charge in [0, 0.05) is 5.92 Å². The smallest absolute Gasteiger partial charge is 0.0128 e. The molecule has 0 N–H and O–H groups in total. The first-order valence-electron chi connectivity index (χ1n) is 3.48. The summed E-state index contributed by atoms with van der Waals surface area (Å²) < 4.78 is 0. The Morgan fingerprint density at radius 2 is 1.67 bits per heavy atom. The van der Waals surface area contributed by atoms with Crippen LogP contribution in [0.15, 0.2) is 36.5 Å². The molecule has 0 atom stereocenters. The third kappa shape index (κ3) is 0.849. The second kappa shape index (κ2) is 1.87. The molecule has 0 heterocycles. The molecular weight excluding hydrogens is 108 g/mol. The second-order valence-corrected chi connectivity index (χ2v) is 2.67. The van der Waals surface area contributed by atoms with E-state index in [1.807, 2.05) is 0 Å². The van der Waals surface area contributed by atoms with Crippen LogP contribution in [0.2, 0.25) is 0 Å². The fraction of sp³-hybridized carbons (Fsp3) is 0.333. The molecule has 0 radical (unpaired) electrons. The average molecular weight is 118 g/mol. The molecule has 0 heteroatoms. The summed E-state index contributed by atoms with van der Waals surface area (Å²) in [6.45, 7) is 0. The zero-order chi connectivity index (χ0) is 6.10. The van der Waals surface area contributed by atoms with Crippen molar-refractivity contribution in [2.45, 2.75) is 6.42 Å². The van der Waals surface area contributed by atoms with Gasteiger partial charge in [-0.25, -0.2) is 0 Å². The van der Waals surface area contributed by atoms with Crippen molar-refractivity contribution >= 4 is 0 Å². The Hall–Kier alpha value is -0.780. The molecule has 3 aliphatic rings. The normalized spacial score (nSPS) is 37.3. The molecule has 0 spiro atoms. The molecule has 0 unspecified atom stereocenters. The van der Waals surface area contributed by atoms with E-state index < -0.39 is 0 Å². The van der Waals surface area contributed by atoms with E-state index in [0.717, 1.165) is 0 Å². The fourth-order valence-corrected chi connectivity index (χ4v) is 1.35. The molecule has 46 valence electrons. The summed E-state index contributed by atoms with van der Waals surface area (Å²) in [5.74, 6) is 1.30. The average Bonchev–Trinajstić information content (AvgIpc) is 2.21. The summed E-state index contributed by atoms with van der Waals surface area (Å²) in [5, 5.41) is 0. The molecule has 0 aromatic rings. The van der Waals surface area contributed by atoms with Crippen LogP contribution < -0.4 is 0 Å². The van der Waals surface area contributed by atoms with Crippen LogP contribution in [0.5, 0.6) is 0 Å². The highest BCUT2D eigenvalue weighted by Crippen LogP contribution is 2.22. The van der Waals surface area contributed by atoms with Crippen LogP contribution in [0.1, 0.15) is 6.42 Å². The van der Waals surface area contributed by atoms with Crippen molar-refractivity contribution in [3.05, 3.63) is 36.5 Å². The van der Waals surface area contributed by atoms with E-state index in [1.165, 1.54) is 6.42 Å². The van der Waals surface area contributed by atoms with Crippen LogP contribution in [0.3, 0.4) is 0 Å². The number of hydrogen-bond donors (Lipinski definition) is 0. The summed E-state index contributed by atoms with van der Waals surface area (Å²) in [7, 11) is 0. The Morgan fingerprint density at radius 1 is 0.889 bits per heavy atom. The Kier molecular flexibility index (Phi) is 1.05. The fourth-order valence-electron chi connectivity index (χ4n) is 1.35. The van der Waals surface area contributed by atoms with E-state index in [0.29, 0.717) is 11.8 Å². The van der Waals surface area contributed by atoms with Crippen molar-refractivity contribution in [3.63, 3.8) is 0 Å². The monoisotopic (exact) mass is 118 g/mol. The van der Waals surface area contributed by atoms with E-state index >= 15 is 0 Å². The maximum absolute atomic E-state index is 2.30. The number of fused-ring (bicyclic) bond motifs is 1. The lowest BCUT2D eigenvalue weighted by Crippen LogP contribution is -1.93. The third-order valence-corrected chi connectivity index (χ3v) is 1.93. The first-order chi connectivity index (χ1) is 4.45. The molecular formula is C9H10. The lowest BCUT2D eigenvalue weighted by molar-refractivity contribution is 0.819. The van der Waals surface area contributed by atoms with Crippen molar-refractivity contribution < 1.29 is 0 Å². The Balaban J connectivity index is 2.34. The van der Waals surface area contributed by atoms with Gasteiger partial charge in [-0.15, -0.1) is 0 Å². The Labute approximate surface area is 55.6 Å². The molecule has 9 heavy (non-hydrogen) atoms. The van der Waals surface area contributed by atoms with E-state index in [1.54, 1.807) is 0 Å². The van der Waals surface area contributed by atoms with Gasteiger partial charge in [0.25, 0.3) is 0 Å². The van der Waals surface area contributed by atoms with Crippen LogP contribution in [-0.2, 0) is 0 Å². The molecule has 0 saturated heterocycles. The lowest BCUT2D eigenvalue weighted by Gasteiger charge is -2.06. The summed E-state index contributed by atoms with van der Waals surface area (Å²) in [4.78, 5) is 0. The molecule has 0 amide bonds. The van der Waals surface area contributed by atoms with E-state index in [9.17, 15) is 0 Å². The summed E-state index contributed by atoms with van der Waals surface area (Å²) in [5.41, 5.74) is 0. The molecule has 3 aliphatic carbocycles. The van der Waals surface area contributed by atoms with Gasteiger partial charge in [0.1, 0.15) is 0 Å². The molecule has 0 aromatic heterocycles. The Bertz CT molecular complexity index is 167. The van der Waals surface area contributed by atoms with E-state index in [-0.39, 0.29) is 0 Å². The van der Waals surface area contributed by atoms with Gasteiger partial charge < -0.3 is 0 Å². The zero-order valence-corrected chi connectivity index (χ0v) is 5.33. The molecule has 2 bridgehead atoms. The number of allylic oxidation sites excluding steroid dienone is 6. The molecule has 0 nitrogen and oxygen atoms in total. The first-order valence-corrected chi connectivity index (χ1v) is 3.48. The predicted octanol–water partition coefficient (Wildman–Crippen LogP) is 2.30. The van der Waals surface area contributed by atoms with Crippen LogP contribution in [0.4, 0.5) is 0 Å². The quantitative estimate of drug-likeness (QED) is 0.428. The number of rotatable bonds is 0. The topological polar surface area (TPSA) is 0 Å². The maximum Gasteiger partial charge on any atom is 0.0128 e. The highest BCUT2D eigenvalue weighted by molar-refractivity contribution is 5.22. The highest BCUT2D eigenvalue weighted by Gasteiger charge is 2.08. The standard InChI is InChI=1S/C9H10/c1-2-8-4-6-9(3-1)7-5-8/h1-2,4-9H,3H2. The lowest BCUT2D eigenvalue weighted by atomic mass is 9.99. The van der Waals surface area contributed by atoms with Crippen LogP contribution in [-0.4, -0.2) is 0 Å². The predicted molar refractivity (Wildman–Crippen MR) is 39.0 cm³/mol. The van der Waals surface area contributed by atoms with Gasteiger partial charge in [-0.2, -0.15) is 0 Å². The molecule has 0 saturated carbocycles. The zero-order valence-electron chi connectivity index (χ0n) is 5.33. The van der Waals surface area contributed by atoms with Crippen molar-refractivity contribution in [1.29, 1.82) is 0 Å².